The van der Waals surface area contributed by atoms with Crippen LogP contribution in [-0.4, -0.2) is 20.6 Å². The van der Waals surface area contributed by atoms with Gasteiger partial charge in [-0.3, -0.25) is 4.57 Å². The molecular formula is C16H22N2O3. The number of hydrogen-bond donors (Lipinski definition) is 2. The van der Waals surface area contributed by atoms with Crippen LogP contribution in [0.25, 0.3) is 11.0 Å². The monoisotopic (exact) mass is 290 g/mol. The summed E-state index contributed by atoms with van der Waals surface area (Å²) in [6.45, 7) is 2.74. The molecule has 0 aliphatic carbocycles. The van der Waals surface area contributed by atoms with Gasteiger partial charge < -0.3 is 10.1 Å². The Morgan fingerprint density at radius 1 is 1.19 bits per heavy atom. The van der Waals surface area contributed by atoms with Crippen molar-refractivity contribution in [2.24, 2.45) is 0 Å². The number of rotatable bonds is 8. The lowest BCUT2D eigenvalue weighted by Gasteiger charge is -2.05. The molecule has 5 nitrogen and oxygen atoms in total. The van der Waals surface area contributed by atoms with Gasteiger partial charge in [0, 0.05) is 6.54 Å². The van der Waals surface area contributed by atoms with Crippen LogP contribution in [0.4, 0.5) is 0 Å². The minimum atomic E-state index is -1.00. The van der Waals surface area contributed by atoms with Crippen LogP contribution in [0.15, 0.2) is 23.0 Å². The van der Waals surface area contributed by atoms with Crippen molar-refractivity contribution in [2.75, 3.05) is 0 Å². The van der Waals surface area contributed by atoms with Gasteiger partial charge in [-0.1, -0.05) is 45.1 Å². The number of unbranched alkanes of at least 4 members (excludes halogenated alkanes) is 5. The largest absolute Gasteiger partial charge is 0.478 e. The summed E-state index contributed by atoms with van der Waals surface area (Å²) in [5.74, 6) is -1.00. The predicted octanol–water partition coefficient (Wildman–Crippen LogP) is 3.39. The van der Waals surface area contributed by atoms with Crippen molar-refractivity contribution in [3.05, 3.63) is 34.2 Å². The van der Waals surface area contributed by atoms with Gasteiger partial charge in [0.2, 0.25) is 0 Å². The molecule has 2 rings (SSSR count). The third kappa shape index (κ3) is 3.54. The van der Waals surface area contributed by atoms with Crippen LogP contribution in [0.5, 0.6) is 0 Å². The first-order chi connectivity index (χ1) is 10.1. The van der Waals surface area contributed by atoms with E-state index in [9.17, 15) is 14.7 Å². The fourth-order valence-corrected chi connectivity index (χ4v) is 2.66. The second kappa shape index (κ2) is 7.11. The summed E-state index contributed by atoms with van der Waals surface area (Å²) in [6.07, 6.45) is 6.80. The second-order valence-electron chi connectivity index (χ2n) is 5.36. The van der Waals surface area contributed by atoms with Crippen molar-refractivity contribution in [1.29, 1.82) is 0 Å². The van der Waals surface area contributed by atoms with E-state index in [4.69, 9.17) is 0 Å². The Kier molecular flexibility index (Phi) is 5.20. The van der Waals surface area contributed by atoms with E-state index in [1.165, 1.54) is 25.3 Å². The molecule has 0 atom stereocenters. The molecule has 2 aromatic rings. The van der Waals surface area contributed by atoms with Gasteiger partial charge in [0.1, 0.15) is 0 Å². The van der Waals surface area contributed by atoms with Gasteiger partial charge in [0.05, 0.1) is 16.6 Å². The number of para-hydroxylation sites is 1. The highest BCUT2D eigenvalue weighted by Gasteiger charge is 2.14. The van der Waals surface area contributed by atoms with Gasteiger partial charge in [0.25, 0.3) is 0 Å². The zero-order chi connectivity index (χ0) is 15.2. The molecule has 0 radical (unpaired) electrons. The van der Waals surface area contributed by atoms with Crippen molar-refractivity contribution >= 4 is 17.0 Å². The molecule has 0 saturated carbocycles. The number of aromatic nitrogens is 2. The van der Waals surface area contributed by atoms with Gasteiger partial charge in [0.15, 0.2) is 0 Å². The Morgan fingerprint density at radius 3 is 2.62 bits per heavy atom. The maximum absolute atomic E-state index is 12.0. The maximum Gasteiger partial charge on any atom is 0.337 e. The number of H-pyrrole nitrogens is 1. The number of nitrogens with zero attached hydrogens (tertiary/aromatic N) is 1. The number of hydrogen-bond acceptors (Lipinski definition) is 2. The van der Waals surface area contributed by atoms with E-state index in [0.29, 0.717) is 17.6 Å². The van der Waals surface area contributed by atoms with Crippen LogP contribution in [0.3, 0.4) is 0 Å². The van der Waals surface area contributed by atoms with Crippen LogP contribution in [0.1, 0.15) is 55.8 Å². The SMILES string of the molecule is CCCCCCCCn1c(=O)[nH]c2cccc(C(=O)O)c21. The minimum absolute atomic E-state index is 0.178. The average Bonchev–Trinajstić information content (AvgIpc) is 2.78. The number of fused-ring (bicyclic) bond motifs is 1. The van der Waals surface area contributed by atoms with Crippen molar-refractivity contribution < 1.29 is 9.90 Å². The molecule has 21 heavy (non-hydrogen) atoms. The first-order valence-electron chi connectivity index (χ1n) is 7.60. The van der Waals surface area contributed by atoms with Crippen molar-refractivity contribution in [1.82, 2.24) is 9.55 Å². The number of imidazole rings is 1. The molecule has 0 aliphatic rings. The Bertz CT molecular complexity index is 670. The minimum Gasteiger partial charge on any atom is -0.478 e. The van der Waals surface area contributed by atoms with E-state index in [0.717, 1.165) is 19.3 Å². The van der Waals surface area contributed by atoms with Gasteiger partial charge in [-0.05, 0) is 18.6 Å². The van der Waals surface area contributed by atoms with Crippen LogP contribution in [-0.2, 0) is 6.54 Å². The summed E-state index contributed by atoms with van der Waals surface area (Å²) in [4.78, 5) is 26.0. The molecule has 0 aliphatic heterocycles. The normalized spacial score (nSPS) is 11.1. The molecule has 2 N–H and O–H groups in total. The maximum atomic E-state index is 12.0. The highest BCUT2D eigenvalue weighted by Crippen LogP contribution is 2.17. The van der Waals surface area contributed by atoms with Crippen LogP contribution < -0.4 is 5.69 Å². The number of aromatic carboxylic acids is 1. The molecule has 0 saturated heterocycles. The molecule has 1 aromatic heterocycles. The van der Waals surface area contributed by atoms with Gasteiger partial charge in [-0.2, -0.15) is 0 Å². The van der Waals surface area contributed by atoms with Gasteiger partial charge >= 0.3 is 11.7 Å². The lowest BCUT2D eigenvalue weighted by molar-refractivity contribution is 0.0698. The van der Waals surface area contributed by atoms with E-state index >= 15 is 0 Å². The first kappa shape index (κ1) is 15.4. The van der Waals surface area contributed by atoms with Gasteiger partial charge in [-0.25, -0.2) is 9.59 Å². The van der Waals surface area contributed by atoms with E-state index in [2.05, 4.69) is 11.9 Å². The number of carbonyl (C=O) groups is 1. The molecule has 5 heteroatoms. The molecule has 1 aromatic carbocycles. The third-order valence-corrected chi connectivity index (χ3v) is 3.76. The number of benzene rings is 1. The Hall–Kier alpha value is -2.04. The fourth-order valence-electron chi connectivity index (χ4n) is 2.66. The predicted molar refractivity (Wildman–Crippen MR) is 82.9 cm³/mol. The number of carboxylic acids is 1. The lowest BCUT2D eigenvalue weighted by atomic mass is 10.1. The number of aryl methyl sites for hydroxylation is 1. The van der Waals surface area contributed by atoms with Crippen molar-refractivity contribution in [2.45, 2.75) is 52.0 Å². The molecule has 1 heterocycles. The summed E-state index contributed by atoms with van der Waals surface area (Å²) >= 11 is 0. The highest BCUT2D eigenvalue weighted by atomic mass is 16.4. The standard InChI is InChI=1S/C16H22N2O3/c1-2-3-4-5-6-7-11-18-14-12(15(19)20)9-8-10-13(14)17-16(18)21/h8-10H,2-7,11H2,1H3,(H,17,21)(H,19,20). The van der Waals surface area contributed by atoms with Crippen LogP contribution >= 0.6 is 0 Å². The molecule has 0 amide bonds. The quantitative estimate of drug-likeness (QED) is 0.732. The second-order valence-corrected chi connectivity index (χ2v) is 5.36. The van der Waals surface area contributed by atoms with Crippen molar-refractivity contribution in [3.8, 4) is 0 Å². The lowest BCUT2D eigenvalue weighted by Crippen LogP contribution is -2.17. The summed E-state index contributed by atoms with van der Waals surface area (Å²) in [5.41, 5.74) is 1.04. The topological polar surface area (TPSA) is 75.1 Å². The van der Waals surface area contributed by atoms with Gasteiger partial charge in [-0.15, -0.1) is 0 Å². The molecule has 114 valence electrons. The molecular weight excluding hydrogens is 268 g/mol. The van der Waals surface area contributed by atoms with E-state index in [-0.39, 0.29) is 11.3 Å². The Balaban J connectivity index is 2.14. The summed E-state index contributed by atoms with van der Waals surface area (Å²) < 4.78 is 1.55. The van der Waals surface area contributed by atoms with Crippen LogP contribution in [0, 0.1) is 0 Å². The average molecular weight is 290 g/mol. The molecule has 0 spiro atoms. The van der Waals surface area contributed by atoms with E-state index in [1.807, 2.05) is 0 Å². The third-order valence-electron chi connectivity index (χ3n) is 3.76. The number of aromatic amines is 1. The summed E-state index contributed by atoms with van der Waals surface area (Å²) in [7, 11) is 0. The Labute approximate surface area is 123 Å². The zero-order valence-electron chi connectivity index (χ0n) is 12.4. The van der Waals surface area contributed by atoms with Crippen LogP contribution in [0.2, 0.25) is 0 Å². The highest BCUT2D eigenvalue weighted by molar-refractivity contribution is 6.01. The molecule has 0 fully saturated rings. The Morgan fingerprint density at radius 2 is 1.90 bits per heavy atom. The number of carboxylic acid groups (broad SMARTS) is 1. The fraction of sp³-hybridized carbons (Fsp3) is 0.500. The van der Waals surface area contributed by atoms with E-state index in [1.54, 1.807) is 16.7 Å². The number of nitrogens with one attached hydrogen (secondary N) is 1. The zero-order valence-corrected chi connectivity index (χ0v) is 12.4. The summed E-state index contributed by atoms with van der Waals surface area (Å²) in [5, 5.41) is 9.26. The molecule has 0 bridgehead atoms. The smallest absolute Gasteiger partial charge is 0.337 e. The molecule has 0 unspecified atom stereocenters. The van der Waals surface area contributed by atoms with Crippen molar-refractivity contribution in [3.63, 3.8) is 0 Å². The first-order valence-corrected chi connectivity index (χ1v) is 7.60. The van der Waals surface area contributed by atoms with E-state index < -0.39 is 5.97 Å². The summed E-state index contributed by atoms with van der Waals surface area (Å²) in [6, 6.07) is 4.92.